The fraction of sp³-hybridized carbons (Fsp3) is 0.391. The molecule has 2 amide bonds. The van der Waals surface area contributed by atoms with Gasteiger partial charge in [-0.05, 0) is 30.5 Å². The molecule has 0 saturated carbocycles. The molecule has 1 saturated heterocycles. The zero-order chi connectivity index (χ0) is 22.3. The highest BCUT2D eigenvalue weighted by atomic mass is 35.5. The van der Waals surface area contributed by atoms with Gasteiger partial charge in [0.1, 0.15) is 17.0 Å². The number of halogens is 1. The van der Waals surface area contributed by atoms with Crippen LogP contribution >= 0.6 is 11.6 Å². The Morgan fingerprint density at radius 1 is 1.23 bits per heavy atom. The molecule has 0 bridgehead atoms. The molecule has 1 fully saturated rings. The molecule has 2 aromatic rings. The lowest BCUT2D eigenvalue weighted by atomic mass is 9.79. The Morgan fingerprint density at radius 3 is 2.68 bits per heavy atom. The van der Waals surface area contributed by atoms with Crippen LogP contribution < -0.4 is 25.4 Å². The van der Waals surface area contributed by atoms with Gasteiger partial charge in [-0.3, -0.25) is 14.9 Å². The van der Waals surface area contributed by atoms with Gasteiger partial charge in [-0.1, -0.05) is 37.6 Å². The summed E-state index contributed by atoms with van der Waals surface area (Å²) in [7, 11) is 3.09. The zero-order valence-corrected chi connectivity index (χ0v) is 18.7. The summed E-state index contributed by atoms with van der Waals surface area (Å²) in [6, 6.07) is 10.5. The third-order valence-corrected chi connectivity index (χ3v) is 6.56. The highest BCUT2D eigenvalue weighted by Gasteiger charge is 2.60. The number of anilines is 2. The van der Waals surface area contributed by atoms with E-state index in [0.717, 1.165) is 0 Å². The van der Waals surface area contributed by atoms with Crippen LogP contribution in [0.5, 0.6) is 11.5 Å². The number of hydrogen-bond donors (Lipinski definition) is 3. The van der Waals surface area contributed by atoms with Crippen LogP contribution in [-0.2, 0) is 15.1 Å². The maximum absolute atomic E-state index is 13.6. The number of fused-ring (bicyclic) bond motifs is 2. The lowest BCUT2D eigenvalue weighted by Gasteiger charge is -2.29. The van der Waals surface area contributed by atoms with E-state index in [4.69, 9.17) is 21.1 Å². The van der Waals surface area contributed by atoms with Gasteiger partial charge in [0.05, 0.1) is 36.5 Å². The Bertz CT molecular complexity index is 1040. The molecule has 1 spiro atoms. The van der Waals surface area contributed by atoms with Gasteiger partial charge in [-0.15, -0.1) is 0 Å². The van der Waals surface area contributed by atoms with Gasteiger partial charge in [0.2, 0.25) is 11.8 Å². The lowest BCUT2D eigenvalue weighted by Crippen LogP contribution is -2.52. The zero-order valence-electron chi connectivity index (χ0n) is 17.9. The number of carbonyl (C=O) groups is 2. The summed E-state index contributed by atoms with van der Waals surface area (Å²) in [5, 5.41) is 9.78. The first-order chi connectivity index (χ1) is 14.8. The summed E-state index contributed by atoms with van der Waals surface area (Å²) in [5.74, 6) is 0.148. The van der Waals surface area contributed by atoms with Crippen molar-refractivity contribution in [3.63, 3.8) is 0 Å². The first kappa shape index (κ1) is 21.5. The molecule has 164 valence electrons. The summed E-state index contributed by atoms with van der Waals surface area (Å²) in [4.78, 5) is 26.9. The molecule has 3 atom stereocenters. The molecule has 2 heterocycles. The molecule has 3 N–H and O–H groups in total. The number of hydrogen-bond acceptors (Lipinski definition) is 5. The van der Waals surface area contributed by atoms with Gasteiger partial charge in [0, 0.05) is 17.7 Å². The molecule has 7 nitrogen and oxygen atoms in total. The highest BCUT2D eigenvalue weighted by molar-refractivity contribution is 6.35. The molecule has 0 aromatic heterocycles. The largest absolute Gasteiger partial charge is 0.497 e. The van der Waals surface area contributed by atoms with Crippen molar-refractivity contribution in [3.8, 4) is 11.5 Å². The van der Waals surface area contributed by atoms with Crippen molar-refractivity contribution in [2.24, 2.45) is 11.8 Å². The van der Waals surface area contributed by atoms with Crippen molar-refractivity contribution in [2.45, 2.75) is 31.8 Å². The summed E-state index contributed by atoms with van der Waals surface area (Å²) < 4.78 is 10.7. The molecule has 2 aromatic carbocycles. The van der Waals surface area contributed by atoms with Crippen molar-refractivity contribution in [3.05, 3.63) is 47.0 Å². The average Bonchev–Trinajstić information content (AvgIpc) is 3.29. The Labute approximate surface area is 186 Å². The Hall–Kier alpha value is -2.77. The number of amides is 2. The second-order valence-electron chi connectivity index (χ2n) is 8.26. The van der Waals surface area contributed by atoms with Gasteiger partial charge in [0.25, 0.3) is 0 Å². The average molecular weight is 444 g/mol. The van der Waals surface area contributed by atoms with Gasteiger partial charge < -0.3 is 20.1 Å². The summed E-state index contributed by atoms with van der Waals surface area (Å²) >= 11 is 6.35. The number of carbonyl (C=O) groups excluding carboxylic acids is 2. The maximum atomic E-state index is 13.6. The fourth-order valence-electron chi connectivity index (χ4n) is 4.56. The number of ether oxygens (including phenoxy) is 2. The van der Waals surface area contributed by atoms with Crippen molar-refractivity contribution < 1.29 is 19.1 Å². The van der Waals surface area contributed by atoms with Crippen LogP contribution in [-0.4, -0.2) is 32.1 Å². The van der Waals surface area contributed by atoms with E-state index in [1.165, 1.54) is 7.11 Å². The van der Waals surface area contributed by atoms with Crippen molar-refractivity contribution in [2.75, 3.05) is 24.9 Å². The van der Waals surface area contributed by atoms with Crippen molar-refractivity contribution >= 4 is 34.8 Å². The third kappa shape index (κ3) is 3.42. The number of nitrogens with one attached hydrogen (secondary N) is 3. The molecule has 2 aliphatic heterocycles. The number of benzene rings is 2. The van der Waals surface area contributed by atoms with Crippen LogP contribution in [0.4, 0.5) is 11.4 Å². The van der Waals surface area contributed by atoms with Crippen LogP contribution in [0.2, 0.25) is 5.02 Å². The van der Waals surface area contributed by atoms with E-state index < -0.39 is 11.5 Å². The van der Waals surface area contributed by atoms with Crippen LogP contribution in [0.25, 0.3) is 0 Å². The Balaban J connectivity index is 1.76. The van der Waals surface area contributed by atoms with E-state index in [1.807, 2.05) is 6.07 Å². The first-order valence-corrected chi connectivity index (χ1v) is 10.6. The van der Waals surface area contributed by atoms with E-state index >= 15 is 0 Å². The quantitative estimate of drug-likeness (QED) is 0.654. The molecule has 8 heteroatoms. The molecule has 0 aliphatic carbocycles. The standard InChI is InChI=1S/C23H26ClN3O4/c1-12(2)17-11-15(21(28)25-18-10-13(30-3)8-9-19(18)31-4)23(27-17)14-6-5-7-16(24)20(14)26-22(23)29/h5-10,12,15,17,27H,11H2,1-4H3,(H,25,28)(H,26,29)/t15-,17-,23+/m1/s1. The minimum absolute atomic E-state index is 0.0152. The van der Waals surface area contributed by atoms with Gasteiger partial charge >= 0.3 is 0 Å². The monoisotopic (exact) mass is 443 g/mol. The molecule has 0 radical (unpaired) electrons. The van der Waals surface area contributed by atoms with Crippen LogP contribution in [0.3, 0.4) is 0 Å². The summed E-state index contributed by atoms with van der Waals surface area (Å²) in [6.45, 7) is 4.14. The second-order valence-corrected chi connectivity index (χ2v) is 8.67. The van der Waals surface area contributed by atoms with Crippen LogP contribution in [0, 0.1) is 11.8 Å². The number of para-hydroxylation sites is 1. The van der Waals surface area contributed by atoms with Crippen LogP contribution in [0.1, 0.15) is 25.8 Å². The fourth-order valence-corrected chi connectivity index (χ4v) is 4.78. The Kier molecular flexibility index (Phi) is 5.58. The summed E-state index contributed by atoms with van der Waals surface area (Å²) in [5.41, 5.74) is 0.555. The van der Waals surface area contributed by atoms with E-state index in [1.54, 1.807) is 37.4 Å². The number of rotatable bonds is 5. The molecular weight excluding hydrogens is 418 g/mol. The van der Waals surface area contributed by atoms with Crippen LogP contribution in [0.15, 0.2) is 36.4 Å². The lowest BCUT2D eigenvalue weighted by molar-refractivity contribution is -0.130. The minimum atomic E-state index is -1.19. The molecule has 2 aliphatic rings. The topological polar surface area (TPSA) is 88.7 Å². The Morgan fingerprint density at radius 2 is 2.00 bits per heavy atom. The predicted octanol–water partition coefficient (Wildman–Crippen LogP) is 3.78. The van der Waals surface area contributed by atoms with E-state index in [0.29, 0.717) is 39.9 Å². The van der Waals surface area contributed by atoms with Gasteiger partial charge in [-0.2, -0.15) is 0 Å². The minimum Gasteiger partial charge on any atom is -0.497 e. The van der Waals surface area contributed by atoms with Crippen molar-refractivity contribution in [1.82, 2.24) is 5.32 Å². The SMILES string of the molecule is COc1ccc(OC)c(NC(=O)[C@H]2C[C@H](C(C)C)N[C@]23C(=O)Nc2c(Cl)cccc23)c1. The molecule has 0 unspecified atom stereocenters. The van der Waals surface area contributed by atoms with E-state index in [2.05, 4.69) is 29.8 Å². The van der Waals surface area contributed by atoms with Gasteiger partial charge in [0.15, 0.2) is 0 Å². The maximum Gasteiger partial charge on any atom is 0.250 e. The molecule has 31 heavy (non-hydrogen) atoms. The molecule has 4 rings (SSSR count). The second kappa shape index (κ2) is 8.05. The third-order valence-electron chi connectivity index (χ3n) is 6.25. The predicted molar refractivity (Wildman–Crippen MR) is 120 cm³/mol. The highest BCUT2D eigenvalue weighted by Crippen LogP contribution is 2.50. The van der Waals surface area contributed by atoms with E-state index in [9.17, 15) is 9.59 Å². The van der Waals surface area contributed by atoms with E-state index in [-0.39, 0.29) is 23.8 Å². The normalized spacial score (nSPS) is 24.3. The van der Waals surface area contributed by atoms with Gasteiger partial charge in [-0.25, -0.2) is 0 Å². The van der Waals surface area contributed by atoms with Crippen molar-refractivity contribution in [1.29, 1.82) is 0 Å². The first-order valence-electron chi connectivity index (χ1n) is 10.2. The number of methoxy groups -OCH3 is 2. The smallest absolute Gasteiger partial charge is 0.250 e. The summed E-state index contributed by atoms with van der Waals surface area (Å²) in [6.07, 6.45) is 0.509. The molecular formula is C23H26ClN3O4.